The number of hydrogen-bond acceptors (Lipinski definition) is 4. The van der Waals surface area contributed by atoms with E-state index in [2.05, 4.69) is 135 Å². The fourth-order valence-electron chi connectivity index (χ4n) is 6.88. The van der Waals surface area contributed by atoms with Crippen LogP contribution in [0.15, 0.2) is 152 Å². The molecule has 0 unspecified atom stereocenters. The summed E-state index contributed by atoms with van der Waals surface area (Å²) in [6.07, 6.45) is 1.81. The topological polar surface area (TPSA) is 48.1 Å². The van der Waals surface area contributed by atoms with Gasteiger partial charge in [-0.2, -0.15) is 6.07 Å². The first-order valence-corrected chi connectivity index (χ1v) is 16.2. The number of rotatable bonds is 5. The van der Waals surface area contributed by atoms with Crippen molar-refractivity contribution in [1.82, 2.24) is 19.1 Å². The van der Waals surface area contributed by atoms with E-state index in [1.54, 1.807) is 0 Å². The van der Waals surface area contributed by atoms with E-state index in [1.807, 2.05) is 54.7 Å². The summed E-state index contributed by atoms with van der Waals surface area (Å²) in [5.41, 5.74) is 8.95. The maximum atomic E-state index is 6.68. The average molecular weight is 824 g/mol. The number of hydrogen-bond donors (Lipinski definition) is 0. The van der Waals surface area contributed by atoms with Gasteiger partial charge in [0.15, 0.2) is 0 Å². The molecular formula is C43H26N5OPt-3. The van der Waals surface area contributed by atoms with Gasteiger partial charge in [0, 0.05) is 61.3 Å². The summed E-state index contributed by atoms with van der Waals surface area (Å²) >= 11 is 0. The van der Waals surface area contributed by atoms with Crippen LogP contribution in [-0.2, 0) is 21.1 Å². The van der Waals surface area contributed by atoms with Crippen molar-refractivity contribution in [3.05, 3.63) is 171 Å². The van der Waals surface area contributed by atoms with Gasteiger partial charge in [-0.1, -0.05) is 102 Å². The fourth-order valence-corrected chi connectivity index (χ4v) is 6.88. The molecule has 9 aromatic rings. The van der Waals surface area contributed by atoms with Gasteiger partial charge in [-0.25, -0.2) is 4.98 Å². The summed E-state index contributed by atoms with van der Waals surface area (Å²) in [7, 11) is 0. The van der Waals surface area contributed by atoms with Crippen LogP contribution in [-0.4, -0.2) is 19.1 Å². The molecule has 0 amide bonds. The Morgan fingerprint density at radius 3 is 2.28 bits per heavy atom. The molecule has 0 radical (unpaired) electrons. The van der Waals surface area contributed by atoms with E-state index < -0.39 is 0 Å². The van der Waals surface area contributed by atoms with Crippen molar-refractivity contribution in [3.8, 4) is 39.8 Å². The van der Waals surface area contributed by atoms with Gasteiger partial charge in [-0.3, -0.25) is 0 Å². The quantitative estimate of drug-likeness (QED) is 0.162. The Bertz CT molecular complexity index is 2680. The van der Waals surface area contributed by atoms with E-state index in [0.717, 1.165) is 72.5 Å². The first-order chi connectivity index (χ1) is 24.3. The number of para-hydroxylation sites is 4. The van der Waals surface area contributed by atoms with E-state index in [-0.39, 0.29) is 21.1 Å². The van der Waals surface area contributed by atoms with Gasteiger partial charge in [0.1, 0.15) is 5.82 Å². The second-order valence-electron chi connectivity index (χ2n) is 12.0. The standard InChI is InChI=1S/C43H26N5O.Pt/c1-2-12-29(13-3-1)30-24-31(46-28-47-40-19-9-6-16-37(40)45-43(47)36-15-5-7-17-38(36)46)26-33(25-30)49-32-21-22-35-34-14-4-8-18-39(34)48(41(35)27-32)42-20-10-11-23-44-42;/h1-25,28H;/q-3;. The van der Waals surface area contributed by atoms with Crippen molar-refractivity contribution in [1.29, 1.82) is 0 Å². The molecule has 6 aromatic carbocycles. The van der Waals surface area contributed by atoms with Crippen molar-refractivity contribution < 1.29 is 25.8 Å². The molecular weight excluding hydrogens is 798 g/mol. The first kappa shape index (κ1) is 30.0. The van der Waals surface area contributed by atoms with Crippen molar-refractivity contribution in [2.45, 2.75) is 0 Å². The molecule has 7 heteroatoms. The van der Waals surface area contributed by atoms with Gasteiger partial charge in [0.05, 0.1) is 0 Å². The molecule has 1 aliphatic heterocycles. The molecule has 0 atom stereocenters. The van der Waals surface area contributed by atoms with E-state index in [9.17, 15) is 0 Å². The fraction of sp³-hybridized carbons (Fsp3) is 0. The van der Waals surface area contributed by atoms with Gasteiger partial charge < -0.3 is 23.8 Å². The summed E-state index contributed by atoms with van der Waals surface area (Å²) in [4.78, 5) is 11.8. The molecule has 0 spiro atoms. The second kappa shape index (κ2) is 12.1. The molecule has 0 saturated heterocycles. The van der Waals surface area contributed by atoms with Crippen LogP contribution in [0.5, 0.6) is 11.5 Å². The molecule has 6 nitrogen and oxygen atoms in total. The Morgan fingerprint density at radius 1 is 0.620 bits per heavy atom. The third-order valence-electron chi connectivity index (χ3n) is 9.08. The monoisotopic (exact) mass is 823 g/mol. The number of nitrogens with zero attached hydrogens (tertiary/aromatic N) is 5. The summed E-state index contributed by atoms with van der Waals surface area (Å²) < 4.78 is 11.0. The summed E-state index contributed by atoms with van der Waals surface area (Å²) in [6.45, 7) is 2.10. The Kier molecular flexibility index (Phi) is 7.26. The minimum absolute atomic E-state index is 0. The van der Waals surface area contributed by atoms with Crippen LogP contribution in [0.3, 0.4) is 0 Å². The Balaban J connectivity index is 0.00000336. The van der Waals surface area contributed by atoms with Crippen LogP contribution >= 0.6 is 0 Å². The van der Waals surface area contributed by atoms with Gasteiger partial charge in [-0.05, 0) is 59.0 Å². The Labute approximate surface area is 303 Å². The molecule has 0 aliphatic carbocycles. The largest absolute Gasteiger partial charge is 0.509 e. The maximum Gasteiger partial charge on any atom is 0.135 e. The van der Waals surface area contributed by atoms with Gasteiger partial charge in [0.25, 0.3) is 0 Å². The van der Waals surface area contributed by atoms with Gasteiger partial charge in [0.2, 0.25) is 0 Å². The number of benzene rings is 6. The van der Waals surface area contributed by atoms with Crippen LogP contribution in [0.1, 0.15) is 0 Å². The van der Waals surface area contributed by atoms with Crippen LogP contribution in [0.25, 0.3) is 61.2 Å². The van der Waals surface area contributed by atoms with Crippen LogP contribution in [0, 0.1) is 18.8 Å². The smallest absolute Gasteiger partial charge is 0.135 e. The molecule has 50 heavy (non-hydrogen) atoms. The van der Waals surface area contributed by atoms with E-state index in [4.69, 9.17) is 9.72 Å². The first-order valence-electron chi connectivity index (χ1n) is 16.2. The Morgan fingerprint density at radius 2 is 1.40 bits per heavy atom. The number of pyridine rings is 1. The third kappa shape index (κ3) is 4.88. The summed E-state index contributed by atoms with van der Waals surface area (Å²) in [6, 6.07) is 56.7. The van der Waals surface area contributed by atoms with E-state index >= 15 is 0 Å². The second-order valence-corrected chi connectivity index (χ2v) is 12.0. The third-order valence-corrected chi connectivity index (χ3v) is 9.08. The molecule has 0 bridgehead atoms. The molecule has 0 saturated carbocycles. The number of anilines is 2. The minimum atomic E-state index is 0. The van der Waals surface area contributed by atoms with Gasteiger partial charge in [-0.15, -0.1) is 41.3 Å². The number of aromatic nitrogens is 4. The number of fused-ring (bicyclic) bond motifs is 8. The molecule has 1 aliphatic rings. The average Bonchev–Trinajstić information content (AvgIpc) is 3.71. The van der Waals surface area contributed by atoms with Gasteiger partial charge >= 0.3 is 0 Å². The van der Waals surface area contributed by atoms with E-state index in [1.165, 1.54) is 0 Å². The minimum Gasteiger partial charge on any atom is -0.509 e. The van der Waals surface area contributed by atoms with Crippen molar-refractivity contribution >= 4 is 44.2 Å². The SMILES string of the molecule is [Pt].[c-]1c(Oc2[c-]c3c(cc2)c2ccccc2n3-c2ccccn2)cc(-c2ccccc2)cc1N1[CH-]n2c(nc3ccccc32)-c2ccccc21. The molecule has 242 valence electrons. The zero-order chi connectivity index (χ0) is 32.3. The predicted molar refractivity (Wildman–Crippen MR) is 195 cm³/mol. The van der Waals surface area contributed by atoms with Crippen LogP contribution in [0.4, 0.5) is 11.4 Å². The van der Waals surface area contributed by atoms with Crippen molar-refractivity contribution in [2.24, 2.45) is 0 Å². The summed E-state index contributed by atoms with van der Waals surface area (Å²) in [5, 5.41) is 2.22. The zero-order valence-corrected chi connectivity index (χ0v) is 28.7. The number of imidazole rings is 1. The van der Waals surface area contributed by atoms with Crippen LogP contribution < -0.4 is 9.64 Å². The maximum absolute atomic E-state index is 6.68. The zero-order valence-electron chi connectivity index (χ0n) is 26.5. The molecule has 3 aromatic heterocycles. The Hall–Kier alpha value is -6.10. The normalized spacial score (nSPS) is 12.0. The predicted octanol–water partition coefficient (Wildman–Crippen LogP) is 10.4. The number of ether oxygens (including phenoxy) is 1. The van der Waals surface area contributed by atoms with Crippen molar-refractivity contribution in [3.63, 3.8) is 0 Å². The summed E-state index contributed by atoms with van der Waals surface area (Å²) in [5.74, 6) is 2.91. The molecule has 0 N–H and O–H groups in total. The van der Waals surface area contributed by atoms with Crippen LogP contribution in [0.2, 0.25) is 0 Å². The molecule has 0 fully saturated rings. The van der Waals surface area contributed by atoms with Crippen molar-refractivity contribution in [2.75, 3.05) is 4.90 Å². The molecule has 10 rings (SSSR count). The van der Waals surface area contributed by atoms with E-state index in [0.29, 0.717) is 11.5 Å². The molecule has 4 heterocycles.